The summed E-state index contributed by atoms with van der Waals surface area (Å²) in [6.45, 7) is 7.76. The number of amides is 1. The number of aromatic amines is 1. The van der Waals surface area contributed by atoms with Crippen LogP contribution >= 0.6 is 0 Å². The summed E-state index contributed by atoms with van der Waals surface area (Å²) < 4.78 is 1.66. The molecule has 3 heterocycles. The van der Waals surface area contributed by atoms with Gasteiger partial charge in [0.2, 0.25) is 0 Å². The molecule has 4 aromatic rings. The van der Waals surface area contributed by atoms with Gasteiger partial charge in [0.1, 0.15) is 11.4 Å². The number of fused-ring (bicyclic) bond motifs is 1. The number of nitrogens with one attached hydrogen (secondary N) is 2. The second kappa shape index (κ2) is 8.74. The molecule has 0 fully saturated rings. The van der Waals surface area contributed by atoms with Gasteiger partial charge in [0, 0.05) is 29.8 Å². The summed E-state index contributed by atoms with van der Waals surface area (Å²) in [6.07, 6.45) is 1.92. The van der Waals surface area contributed by atoms with Crippen LogP contribution in [-0.2, 0) is 6.42 Å². The van der Waals surface area contributed by atoms with Crippen molar-refractivity contribution in [1.29, 1.82) is 0 Å². The molecule has 8 heteroatoms. The van der Waals surface area contributed by atoms with Gasteiger partial charge >= 0.3 is 0 Å². The first-order valence-corrected chi connectivity index (χ1v) is 10.6. The molecule has 8 nitrogen and oxygen atoms in total. The molecule has 164 valence electrons. The third-order valence-electron chi connectivity index (χ3n) is 5.30. The van der Waals surface area contributed by atoms with E-state index in [1.54, 1.807) is 4.52 Å². The maximum absolute atomic E-state index is 13.3. The minimum absolute atomic E-state index is 0.0868. The number of carbonyl (C=O) groups is 1. The van der Waals surface area contributed by atoms with Crippen LogP contribution in [0.25, 0.3) is 5.65 Å². The van der Waals surface area contributed by atoms with E-state index in [2.05, 4.69) is 25.4 Å². The van der Waals surface area contributed by atoms with Gasteiger partial charge in [-0.3, -0.25) is 9.59 Å². The normalized spacial score (nSPS) is 12.3. The van der Waals surface area contributed by atoms with Gasteiger partial charge in [0.05, 0.1) is 17.9 Å². The molecule has 1 aromatic carbocycles. The van der Waals surface area contributed by atoms with E-state index in [1.165, 1.54) is 12.3 Å². The maximum atomic E-state index is 13.3. The van der Waals surface area contributed by atoms with E-state index < -0.39 is 0 Å². The minimum Gasteiger partial charge on any atom is -0.345 e. The summed E-state index contributed by atoms with van der Waals surface area (Å²) in [5.74, 6) is 0.437. The largest absolute Gasteiger partial charge is 0.345 e. The summed E-state index contributed by atoms with van der Waals surface area (Å²) >= 11 is 0. The van der Waals surface area contributed by atoms with Crippen molar-refractivity contribution in [3.8, 4) is 0 Å². The Hall–Kier alpha value is -3.81. The fourth-order valence-electron chi connectivity index (χ4n) is 3.72. The molecule has 0 aliphatic rings. The lowest BCUT2D eigenvalue weighted by molar-refractivity contribution is 0.0938. The topological polar surface area (TPSA) is 105 Å². The van der Waals surface area contributed by atoms with Gasteiger partial charge in [0.15, 0.2) is 5.65 Å². The summed E-state index contributed by atoms with van der Waals surface area (Å²) in [5, 5.41) is 7.42. The number of H-pyrrole nitrogens is 1. The van der Waals surface area contributed by atoms with E-state index in [0.29, 0.717) is 29.1 Å². The number of carbonyl (C=O) groups excluding carboxylic acids is 1. The molecule has 0 aliphatic heterocycles. The first-order valence-electron chi connectivity index (χ1n) is 10.6. The smallest absolute Gasteiger partial charge is 0.257 e. The van der Waals surface area contributed by atoms with Crippen LogP contribution in [0.5, 0.6) is 0 Å². The molecule has 32 heavy (non-hydrogen) atoms. The van der Waals surface area contributed by atoms with Crippen LogP contribution in [-0.4, -0.2) is 30.5 Å². The van der Waals surface area contributed by atoms with Gasteiger partial charge in [-0.1, -0.05) is 44.2 Å². The molecule has 0 saturated heterocycles. The van der Waals surface area contributed by atoms with Crippen molar-refractivity contribution in [3.63, 3.8) is 0 Å². The number of benzene rings is 1. The molecule has 4 rings (SSSR count). The summed E-state index contributed by atoms with van der Waals surface area (Å²) in [5.41, 5.74) is 3.98. The molecule has 0 aliphatic carbocycles. The zero-order valence-corrected chi connectivity index (χ0v) is 18.6. The highest BCUT2D eigenvalue weighted by molar-refractivity contribution is 5.99. The molecule has 1 atom stereocenters. The van der Waals surface area contributed by atoms with Crippen molar-refractivity contribution in [2.24, 2.45) is 0 Å². The minimum atomic E-state index is -0.376. The van der Waals surface area contributed by atoms with Gasteiger partial charge < -0.3 is 10.3 Å². The van der Waals surface area contributed by atoms with E-state index in [4.69, 9.17) is 0 Å². The number of rotatable bonds is 6. The molecule has 0 bridgehead atoms. The molecule has 3 aromatic heterocycles. The fraction of sp³-hybridized carbons (Fsp3) is 0.292. The lowest BCUT2D eigenvalue weighted by Gasteiger charge is -2.19. The lowest BCUT2D eigenvalue weighted by Crippen LogP contribution is -2.31. The molecule has 1 amide bonds. The molecule has 0 saturated carbocycles. The Morgan fingerprint density at radius 1 is 1.12 bits per heavy atom. The van der Waals surface area contributed by atoms with Crippen molar-refractivity contribution in [3.05, 3.63) is 93.0 Å². The van der Waals surface area contributed by atoms with Crippen LogP contribution in [0, 0.1) is 13.8 Å². The molecule has 2 N–H and O–H groups in total. The first-order chi connectivity index (χ1) is 15.3. The number of aryl methyl sites for hydroxylation is 2. The van der Waals surface area contributed by atoms with E-state index in [-0.39, 0.29) is 23.4 Å². The number of nitrogens with zero attached hydrogens (tertiary/aromatic N) is 4. The maximum Gasteiger partial charge on any atom is 0.257 e. The van der Waals surface area contributed by atoms with Crippen molar-refractivity contribution in [2.75, 3.05) is 0 Å². The zero-order chi connectivity index (χ0) is 22.8. The second-order valence-electron chi connectivity index (χ2n) is 8.25. The highest BCUT2D eigenvalue weighted by Crippen LogP contribution is 2.20. The van der Waals surface area contributed by atoms with Gasteiger partial charge in [-0.2, -0.15) is 5.10 Å². The molecular weight excluding hydrogens is 404 g/mol. The van der Waals surface area contributed by atoms with E-state index in [9.17, 15) is 9.59 Å². The molecule has 0 radical (unpaired) electrons. The predicted octanol–water partition coefficient (Wildman–Crippen LogP) is 3.27. The standard InChI is InChI=1S/C24H26N6O2/c1-14(2)22-27-18(12-21(31)29-22)11-20(17-8-6-5-7-9-17)28-24(32)19-13-25-30-16(4)10-15(3)26-23(19)30/h5-10,12-14,20H,11H2,1-4H3,(H,28,32)(H,27,29,31)/t20-/m0/s1. The van der Waals surface area contributed by atoms with Crippen LogP contribution in [0.1, 0.15) is 64.6 Å². The third-order valence-corrected chi connectivity index (χ3v) is 5.30. The average Bonchev–Trinajstić information content (AvgIpc) is 3.17. The van der Waals surface area contributed by atoms with Crippen LogP contribution in [0.2, 0.25) is 0 Å². The highest BCUT2D eigenvalue weighted by Gasteiger charge is 2.21. The molecular formula is C24H26N6O2. The van der Waals surface area contributed by atoms with E-state index in [0.717, 1.165) is 17.0 Å². The predicted molar refractivity (Wildman–Crippen MR) is 122 cm³/mol. The number of hydrogen-bond donors (Lipinski definition) is 2. The van der Waals surface area contributed by atoms with Gasteiger partial charge in [0.25, 0.3) is 11.5 Å². The Morgan fingerprint density at radius 2 is 1.88 bits per heavy atom. The monoisotopic (exact) mass is 430 g/mol. The first kappa shape index (κ1) is 21.4. The van der Waals surface area contributed by atoms with Crippen LogP contribution in [0.4, 0.5) is 0 Å². The Kier molecular flexibility index (Phi) is 5.85. The van der Waals surface area contributed by atoms with Crippen molar-refractivity contribution in [2.45, 2.75) is 46.1 Å². The fourth-order valence-corrected chi connectivity index (χ4v) is 3.72. The van der Waals surface area contributed by atoms with Crippen molar-refractivity contribution in [1.82, 2.24) is 29.9 Å². The SMILES string of the molecule is Cc1cc(C)n2ncc(C(=O)N[C@@H](Cc3cc(=O)[nH]c(C(C)C)n3)c3ccccc3)c2n1. The van der Waals surface area contributed by atoms with Crippen LogP contribution in [0.3, 0.4) is 0 Å². The van der Waals surface area contributed by atoms with Crippen LogP contribution < -0.4 is 10.9 Å². The van der Waals surface area contributed by atoms with Gasteiger partial charge in [-0.25, -0.2) is 14.5 Å². The highest BCUT2D eigenvalue weighted by atomic mass is 16.1. The van der Waals surface area contributed by atoms with Crippen molar-refractivity contribution < 1.29 is 4.79 Å². The van der Waals surface area contributed by atoms with Crippen LogP contribution in [0.15, 0.2) is 53.5 Å². The van der Waals surface area contributed by atoms with Crippen molar-refractivity contribution >= 4 is 11.6 Å². The van der Waals surface area contributed by atoms with Gasteiger partial charge in [-0.15, -0.1) is 0 Å². The summed E-state index contributed by atoms with van der Waals surface area (Å²) in [4.78, 5) is 37.3. The van der Waals surface area contributed by atoms with Gasteiger partial charge in [-0.05, 0) is 25.5 Å². The number of hydrogen-bond acceptors (Lipinski definition) is 5. The summed E-state index contributed by atoms with van der Waals surface area (Å²) in [6, 6.07) is 12.7. The second-order valence-corrected chi connectivity index (χ2v) is 8.25. The quantitative estimate of drug-likeness (QED) is 0.488. The number of aromatic nitrogens is 5. The lowest BCUT2D eigenvalue weighted by atomic mass is 10.0. The zero-order valence-electron chi connectivity index (χ0n) is 18.6. The molecule has 0 spiro atoms. The summed E-state index contributed by atoms with van der Waals surface area (Å²) in [7, 11) is 0. The Labute approximate surface area is 185 Å². The average molecular weight is 431 g/mol. The third kappa shape index (κ3) is 4.44. The Bertz CT molecular complexity index is 1320. The van der Waals surface area contributed by atoms with E-state index in [1.807, 2.05) is 64.1 Å². The molecule has 0 unspecified atom stereocenters. The van der Waals surface area contributed by atoms with E-state index >= 15 is 0 Å². The Balaban J connectivity index is 1.68. The Morgan fingerprint density at radius 3 is 2.59 bits per heavy atom.